The van der Waals surface area contributed by atoms with Crippen LogP contribution >= 0.6 is 0 Å². The molecule has 9 aromatic carbocycles. The van der Waals surface area contributed by atoms with E-state index in [1.165, 1.54) is 53.9 Å². The summed E-state index contributed by atoms with van der Waals surface area (Å²) in [5, 5.41) is 27.5. The molecule has 0 bridgehead atoms. The summed E-state index contributed by atoms with van der Waals surface area (Å²) < 4.78 is 0. The van der Waals surface area contributed by atoms with Crippen molar-refractivity contribution >= 4 is 126 Å². The largest absolute Gasteiger partial charge is 0.0759 e. The van der Waals surface area contributed by atoms with Crippen molar-refractivity contribution in [1.29, 1.82) is 0 Å². The molecule has 0 nitrogen and oxygen atoms in total. The molecule has 0 aromatic heterocycles. The quantitative estimate of drug-likeness (QED) is 0.111. The Morgan fingerprint density at radius 3 is 1.87 bits per heavy atom. The smallest absolute Gasteiger partial charge is 0.0375 e. The average molecular weight is 673 g/mol. The topological polar surface area (TPSA) is 0 Å². The van der Waals surface area contributed by atoms with Crippen LogP contribution in [-0.4, -0.2) is 0 Å². The summed E-state index contributed by atoms with van der Waals surface area (Å²) in [5.41, 5.74) is 25.6. The van der Waals surface area contributed by atoms with Gasteiger partial charge in [0, 0.05) is 11.8 Å². The fraction of sp³-hybridized carbons (Fsp3) is 0.111. The molecule has 10 aliphatic rings. The summed E-state index contributed by atoms with van der Waals surface area (Å²) in [6, 6.07) is 25.1. The van der Waals surface area contributed by atoms with Crippen molar-refractivity contribution in [3.8, 4) is 0 Å². The van der Waals surface area contributed by atoms with Crippen LogP contribution < -0.4 is 10.4 Å². The van der Waals surface area contributed by atoms with E-state index in [0.29, 0.717) is 0 Å². The molecule has 0 aliphatic heterocycles. The van der Waals surface area contributed by atoms with Crippen molar-refractivity contribution in [3.05, 3.63) is 144 Å². The van der Waals surface area contributed by atoms with Gasteiger partial charge in [0.05, 0.1) is 0 Å². The molecule has 2 atom stereocenters. The minimum absolute atomic E-state index is 0.243. The van der Waals surface area contributed by atoms with Crippen LogP contribution in [0.4, 0.5) is 0 Å². The molecule has 0 spiro atoms. The summed E-state index contributed by atoms with van der Waals surface area (Å²) in [5.74, 6) is 0.527. The number of hydrogen-bond donors (Lipinski definition) is 0. The lowest BCUT2D eigenvalue weighted by atomic mass is 9.52. The minimum Gasteiger partial charge on any atom is -0.0759 e. The Bertz CT molecular complexity index is 4150. The summed E-state index contributed by atoms with van der Waals surface area (Å²) in [6.45, 7) is 0. The molecular weight excluding hydrogens is 649 g/mol. The van der Waals surface area contributed by atoms with Crippen LogP contribution in [-0.2, 0) is 12.8 Å². The van der Waals surface area contributed by atoms with E-state index in [1.54, 1.807) is 132 Å². The second-order valence-electron chi connectivity index (χ2n) is 18.3. The van der Waals surface area contributed by atoms with E-state index in [-0.39, 0.29) is 11.8 Å². The van der Waals surface area contributed by atoms with Gasteiger partial charge in [0.15, 0.2) is 0 Å². The minimum atomic E-state index is 0.243. The van der Waals surface area contributed by atoms with Gasteiger partial charge in [0.25, 0.3) is 0 Å². The molecule has 240 valence electrons. The Morgan fingerprint density at radius 1 is 0.389 bits per heavy atom. The maximum Gasteiger partial charge on any atom is 0.0375 e. The van der Waals surface area contributed by atoms with Crippen molar-refractivity contribution in [2.45, 2.75) is 37.5 Å². The van der Waals surface area contributed by atoms with Gasteiger partial charge >= 0.3 is 0 Å². The fourth-order valence-electron chi connectivity index (χ4n) is 15.2. The molecule has 0 saturated heterocycles. The van der Waals surface area contributed by atoms with Crippen LogP contribution in [0.15, 0.2) is 78.4 Å². The summed E-state index contributed by atoms with van der Waals surface area (Å²) >= 11 is 0. The molecule has 54 heavy (non-hydrogen) atoms. The molecule has 0 amide bonds. The van der Waals surface area contributed by atoms with E-state index in [2.05, 4.69) is 85.0 Å². The van der Waals surface area contributed by atoms with Gasteiger partial charge in [-0.3, -0.25) is 0 Å². The molecule has 0 heterocycles. The molecule has 9 aromatic rings. The first-order chi connectivity index (χ1) is 26.8. The molecular formula is C54H24. The molecule has 0 fully saturated rings. The second kappa shape index (κ2) is 6.83. The average Bonchev–Trinajstić information content (AvgIpc) is 3.21. The van der Waals surface area contributed by atoms with Gasteiger partial charge in [-0.1, -0.05) is 72.8 Å². The molecule has 0 saturated carbocycles. The van der Waals surface area contributed by atoms with Gasteiger partial charge in [0.1, 0.15) is 0 Å². The third kappa shape index (κ3) is 1.97. The van der Waals surface area contributed by atoms with Gasteiger partial charge in [-0.05, 0) is 224 Å². The maximum absolute atomic E-state index is 2.63. The Kier molecular flexibility index (Phi) is 3.05. The third-order valence-corrected chi connectivity index (χ3v) is 16.6. The van der Waals surface area contributed by atoms with Crippen LogP contribution in [0.1, 0.15) is 80.3 Å². The van der Waals surface area contributed by atoms with E-state index in [4.69, 9.17) is 0 Å². The molecule has 2 unspecified atom stereocenters. The Morgan fingerprint density at radius 2 is 1.04 bits per heavy atom. The molecule has 0 heteroatoms. The van der Waals surface area contributed by atoms with Crippen molar-refractivity contribution in [1.82, 2.24) is 0 Å². The van der Waals surface area contributed by atoms with E-state index in [0.717, 1.165) is 25.7 Å². The highest BCUT2D eigenvalue weighted by atomic mass is 14.5. The zero-order chi connectivity index (χ0) is 33.5. The van der Waals surface area contributed by atoms with Crippen molar-refractivity contribution < 1.29 is 0 Å². The van der Waals surface area contributed by atoms with E-state index in [9.17, 15) is 0 Å². The van der Waals surface area contributed by atoms with Crippen LogP contribution in [0.2, 0.25) is 0 Å². The predicted octanol–water partition coefficient (Wildman–Crippen LogP) is 11.7. The van der Waals surface area contributed by atoms with Gasteiger partial charge < -0.3 is 0 Å². The van der Waals surface area contributed by atoms with Crippen LogP contribution in [0.25, 0.3) is 126 Å². The number of allylic oxidation sites excluding steroid dienone is 7. The first-order valence-corrected chi connectivity index (χ1v) is 20.2. The van der Waals surface area contributed by atoms with Gasteiger partial charge in [-0.15, -0.1) is 0 Å². The number of hydrogen-bond acceptors (Lipinski definition) is 0. The Labute approximate surface area is 307 Å². The molecule has 0 N–H and O–H groups in total. The highest BCUT2D eigenvalue weighted by molar-refractivity contribution is 6.43. The highest BCUT2D eigenvalue weighted by Crippen LogP contribution is 2.72. The lowest BCUT2D eigenvalue weighted by Gasteiger charge is -2.49. The standard InChI is InChI=1S/C54H24/c1-2-20-14-22-5-6-24-16-26-9-11-29-18-30-12-10-28-17-27-8-7-25-15-23-4-3-21-13-19(1)31-32(20)44-34(22)36(24)46-39(26)41(29)48-42(30)40(28)47-38(27)37(25)45-35(23)33(21)43(31)49-50(44)52(46)54(48)53(47)51(45)49/h1-6,8,10-11,13-16,18,46,49H,7,9,12,17H2. The molecule has 0 radical (unpaired) electrons. The van der Waals surface area contributed by atoms with Crippen molar-refractivity contribution in [2.75, 3.05) is 0 Å². The molecule has 19 rings (SSSR count). The van der Waals surface area contributed by atoms with Gasteiger partial charge in [0.2, 0.25) is 0 Å². The van der Waals surface area contributed by atoms with E-state index in [1.807, 2.05) is 0 Å². The van der Waals surface area contributed by atoms with Crippen LogP contribution in [0.5, 0.6) is 0 Å². The molecule has 10 aliphatic carbocycles. The van der Waals surface area contributed by atoms with Gasteiger partial charge in [-0.25, -0.2) is 0 Å². The third-order valence-electron chi connectivity index (χ3n) is 16.6. The van der Waals surface area contributed by atoms with Crippen LogP contribution in [0.3, 0.4) is 0 Å². The summed E-state index contributed by atoms with van der Waals surface area (Å²) in [7, 11) is 0. The second-order valence-corrected chi connectivity index (χ2v) is 18.3. The summed E-state index contributed by atoms with van der Waals surface area (Å²) in [4.78, 5) is 0. The SMILES string of the molecule is C1=C2CC=c3cc4c5c6c7c8c9c(cc%10ccc%11cc%12ccc%13cc%14ccc1c1c%14c%14c%13c%12c%12c%11c%10c9c9c7c7c5c3=C2C1C7=C%14C%129)CC=C8CC6=CC4. The lowest BCUT2D eigenvalue weighted by molar-refractivity contribution is 1.01. The summed E-state index contributed by atoms with van der Waals surface area (Å²) in [6.07, 6.45) is 14.6. The monoisotopic (exact) mass is 672 g/mol. The first kappa shape index (κ1) is 24.1. The normalized spacial score (nSPS) is 21.8. The fourth-order valence-corrected chi connectivity index (χ4v) is 15.2. The van der Waals surface area contributed by atoms with E-state index < -0.39 is 0 Å². The maximum atomic E-state index is 2.63. The van der Waals surface area contributed by atoms with Gasteiger partial charge in [-0.2, -0.15) is 0 Å². The zero-order valence-corrected chi connectivity index (χ0v) is 29.1. The predicted molar refractivity (Wildman–Crippen MR) is 226 cm³/mol. The lowest BCUT2D eigenvalue weighted by Crippen LogP contribution is -2.40. The number of benzene rings is 9. The highest BCUT2D eigenvalue weighted by Gasteiger charge is 2.52. The first-order valence-electron chi connectivity index (χ1n) is 20.2. The van der Waals surface area contributed by atoms with E-state index >= 15 is 0 Å². The Balaban J connectivity index is 1.29. The number of rotatable bonds is 0. The van der Waals surface area contributed by atoms with Crippen LogP contribution in [0, 0.1) is 0 Å². The zero-order valence-electron chi connectivity index (χ0n) is 29.1. The van der Waals surface area contributed by atoms with Crippen molar-refractivity contribution in [2.24, 2.45) is 0 Å². The Hall–Kier alpha value is -6.24. The van der Waals surface area contributed by atoms with Crippen molar-refractivity contribution in [3.63, 3.8) is 0 Å².